The number of benzene rings is 2. The standard InChI is InChI=1S/C19H22N2O3S/c1-14-10-11-17(23-2)16(13-14)20-19(25)21-18(22)9-6-12-24-15-7-4-3-5-8-15/h3-5,7-8,10-11,13H,6,9,12H2,1-2H3,(H2,20,21,22,25). The molecule has 0 aliphatic heterocycles. The van der Waals surface area contributed by atoms with Gasteiger partial charge in [0.2, 0.25) is 5.91 Å². The van der Waals surface area contributed by atoms with Crippen molar-refractivity contribution in [3.05, 3.63) is 54.1 Å². The molecule has 0 unspecified atom stereocenters. The summed E-state index contributed by atoms with van der Waals surface area (Å²) < 4.78 is 10.8. The predicted octanol–water partition coefficient (Wildman–Crippen LogP) is 3.68. The summed E-state index contributed by atoms with van der Waals surface area (Å²) in [5, 5.41) is 5.91. The van der Waals surface area contributed by atoms with Crippen LogP contribution >= 0.6 is 12.2 Å². The van der Waals surface area contributed by atoms with E-state index in [1.165, 1.54) is 0 Å². The third-order valence-electron chi connectivity index (χ3n) is 3.42. The number of methoxy groups -OCH3 is 1. The lowest BCUT2D eigenvalue weighted by Gasteiger charge is -2.13. The zero-order valence-electron chi connectivity index (χ0n) is 14.4. The Morgan fingerprint density at radius 3 is 2.64 bits per heavy atom. The number of hydrogen-bond acceptors (Lipinski definition) is 4. The number of aryl methyl sites for hydroxylation is 1. The van der Waals surface area contributed by atoms with Crippen LogP contribution in [0.25, 0.3) is 0 Å². The van der Waals surface area contributed by atoms with Gasteiger partial charge in [-0.2, -0.15) is 0 Å². The summed E-state index contributed by atoms with van der Waals surface area (Å²) in [5.41, 5.74) is 1.79. The molecule has 2 aromatic carbocycles. The molecule has 2 N–H and O–H groups in total. The Morgan fingerprint density at radius 2 is 1.92 bits per heavy atom. The molecule has 25 heavy (non-hydrogen) atoms. The third-order valence-corrected chi connectivity index (χ3v) is 3.62. The first-order valence-corrected chi connectivity index (χ1v) is 8.42. The van der Waals surface area contributed by atoms with E-state index in [2.05, 4.69) is 10.6 Å². The maximum absolute atomic E-state index is 12.0. The van der Waals surface area contributed by atoms with E-state index in [1.54, 1.807) is 7.11 Å². The number of rotatable bonds is 7. The first-order chi connectivity index (χ1) is 12.1. The summed E-state index contributed by atoms with van der Waals surface area (Å²) in [5.74, 6) is 1.31. The van der Waals surface area contributed by atoms with Crippen LogP contribution in [0.1, 0.15) is 18.4 Å². The fourth-order valence-electron chi connectivity index (χ4n) is 2.20. The van der Waals surface area contributed by atoms with E-state index in [1.807, 2.05) is 55.5 Å². The Morgan fingerprint density at radius 1 is 1.16 bits per heavy atom. The van der Waals surface area contributed by atoms with Crippen LogP contribution in [-0.2, 0) is 4.79 Å². The molecule has 6 heteroatoms. The van der Waals surface area contributed by atoms with Gasteiger partial charge in [-0.3, -0.25) is 4.79 Å². The summed E-state index contributed by atoms with van der Waals surface area (Å²) in [6.45, 7) is 2.45. The summed E-state index contributed by atoms with van der Waals surface area (Å²) in [6.07, 6.45) is 0.941. The molecular weight excluding hydrogens is 336 g/mol. The largest absolute Gasteiger partial charge is 0.495 e. The lowest BCUT2D eigenvalue weighted by Crippen LogP contribution is -2.34. The summed E-state index contributed by atoms with van der Waals surface area (Å²) in [7, 11) is 1.59. The van der Waals surface area contributed by atoms with Crippen molar-refractivity contribution in [2.45, 2.75) is 19.8 Å². The van der Waals surface area contributed by atoms with Crippen molar-refractivity contribution in [3.63, 3.8) is 0 Å². The van der Waals surface area contributed by atoms with E-state index >= 15 is 0 Å². The van der Waals surface area contributed by atoms with Crippen LogP contribution in [0.4, 0.5) is 5.69 Å². The predicted molar refractivity (Wildman–Crippen MR) is 103 cm³/mol. The highest BCUT2D eigenvalue weighted by Crippen LogP contribution is 2.24. The van der Waals surface area contributed by atoms with E-state index in [0.29, 0.717) is 25.2 Å². The Hall–Kier alpha value is -2.60. The molecule has 5 nitrogen and oxygen atoms in total. The van der Waals surface area contributed by atoms with Gasteiger partial charge in [0.15, 0.2) is 5.11 Å². The van der Waals surface area contributed by atoms with Crippen molar-refractivity contribution in [2.24, 2.45) is 0 Å². The molecule has 0 radical (unpaired) electrons. The fourth-order valence-corrected chi connectivity index (χ4v) is 2.43. The number of hydrogen-bond donors (Lipinski definition) is 2. The highest BCUT2D eigenvalue weighted by atomic mass is 32.1. The molecule has 0 spiro atoms. The molecule has 0 fully saturated rings. The molecular formula is C19H22N2O3S. The van der Waals surface area contributed by atoms with Crippen LogP contribution in [0.15, 0.2) is 48.5 Å². The number of carbonyl (C=O) groups is 1. The molecule has 2 aromatic rings. The second-order valence-corrected chi connectivity index (χ2v) is 5.88. The molecule has 0 aliphatic rings. The molecule has 0 saturated heterocycles. The van der Waals surface area contributed by atoms with E-state index in [9.17, 15) is 4.79 Å². The minimum atomic E-state index is -0.152. The highest BCUT2D eigenvalue weighted by Gasteiger charge is 2.08. The van der Waals surface area contributed by atoms with Gasteiger partial charge < -0.3 is 20.1 Å². The lowest BCUT2D eigenvalue weighted by atomic mass is 10.2. The number of nitrogens with one attached hydrogen (secondary N) is 2. The van der Waals surface area contributed by atoms with Crippen LogP contribution < -0.4 is 20.1 Å². The first-order valence-electron chi connectivity index (χ1n) is 8.02. The van der Waals surface area contributed by atoms with Crippen molar-refractivity contribution in [3.8, 4) is 11.5 Å². The Bertz CT molecular complexity index is 720. The zero-order chi connectivity index (χ0) is 18.1. The number of carbonyl (C=O) groups excluding carboxylic acids is 1. The topological polar surface area (TPSA) is 59.6 Å². The smallest absolute Gasteiger partial charge is 0.226 e. The van der Waals surface area contributed by atoms with E-state index in [0.717, 1.165) is 17.0 Å². The van der Waals surface area contributed by atoms with E-state index in [4.69, 9.17) is 21.7 Å². The van der Waals surface area contributed by atoms with Gasteiger partial charge in [-0.25, -0.2) is 0 Å². The second-order valence-electron chi connectivity index (χ2n) is 5.47. The number of ether oxygens (including phenoxy) is 2. The highest BCUT2D eigenvalue weighted by molar-refractivity contribution is 7.80. The molecule has 132 valence electrons. The zero-order valence-corrected chi connectivity index (χ0v) is 15.2. The summed E-state index contributed by atoms with van der Waals surface area (Å²) >= 11 is 5.19. The lowest BCUT2D eigenvalue weighted by molar-refractivity contribution is -0.119. The Balaban J connectivity index is 1.73. The Kier molecular flexibility index (Phi) is 7.22. The number of thiocarbonyl (C=S) groups is 1. The molecule has 0 bridgehead atoms. The average molecular weight is 358 g/mol. The van der Waals surface area contributed by atoms with Crippen molar-refractivity contribution in [2.75, 3.05) is 19.0 Å². The maximum Gasteiger partial charge on any atom is 0.226 e. The monoisotopic (exact) mass is 358 g/mol. The van der Waals surface area contributed by atoms with Crippen molar-refractivity contribution >= 4 is 28.9 Å². The van der Waals surface area contributed by atoms with E-state index in [-0.39, 0.29) is 11.0 Å². The molecule has 0 heterocycles. The van der Waals surface area contributed by atoms with Crippen LogP contribution in [0.5, 0.6) is 11.5 Å². The van der Waals surface area contributed by atoms with Crippen LogP contribution in [0.3, 0.4) is 0 Å². The van der Waals surface area contributed by atoms with Crippen molar-refractivity contribution in [1.29, 1.82) is 0 Å². The van der Waals surface area contributed by atoms with Crippen LogP contribution in [0.2, 0.25) is 0 Å². The van der Waals surface area contributed by atoms with Gasteiger partial charge in [-0.05, 0) is 55.4 Å². The fraction of sp³-hybridized carbons (Fsp3) is 0.263. The SMILES string of the molecule is COc1ccc(C)cc1NC(=S)NC(=O)CCCOc1ccccc1. The number of amides is 1. The summed E-state index contributed by atoms with van der Waals surface area (Å²) in [6, 6.07) is 15.2. The molecule has 0 aliphatic carbocycles. The molecule has 0 aromatic heterocycles. The minimum Gasteiger partial charge on any atom is -0.495 e. The average Bonchev–Trinajstić information content (AvgIpc) is 2.60. The molecule has 1 amide bonds. The molecule has 0 saturated carbocycles. The van der Waals surface area contributed by atoms with Crippen molar-refractivity contribution < 1.29 is 14.3 Å². The van der Waals surface area contributed by atoms with E-state index < -0.39 is 0 Å². The van der Waals surface area contributed by atoms with Gasteiger partial charge in [0.05, 0.1) is 19.4 Å². The van der Waals surface area contributed by atoms with Gasteiger partial charge in [-0.1, -0.05) is 24.3 Å². The maximum atomic E-state index is 12.0. The number of para-hydroxylation sites is 1. The third kappa shape index (κ3) is 6.43. The second kappa shape index (κ2) is 9.64. The van der Waals surface area contributed by atoms with Gasteiger partial charge in [0, 0.05) is 6.42 Å². The Labute approximate surface area is 153 Å². The normalized spacial score (nSPS) is 10.0. The quantitative estimate of drug-likeness (QED) is 0.584. The van der Waals surface area contributed by atoms with Crippen molar-refractivity contribution in [1.82, 2.24) is 5.32 Å². The van der Waals surface area contributed by atoms with Gasteiger partial charge >= 0.3 is 0 Å². The number of anilines is 1. The molecule has 2 rings (SSSR count). The van der Waals surface area contributed by atoms with Crippen LogP contribution in [0, 0.1) is 6.92 Å². The van der Waals surface area contributed by atoms with Crippen LogP contribution in [-0.4, -0.2) is 24.7 Å². The first kappa shape index (κ1) is 18.7. The van der Waals surface area contributed by atoms with Gasteiger partial charge in [-0.15, -0.1) is 0 Å². The minimum absolute atomic E-state index is 0.152. The summed E-state index contributed by atoms with van der Waals surface area (Å²) in [4.78, 5) is 12.0. The van der Waals surface area contributed by atoms with Gasteiger partial charge in [0.1, 0.15) is 11.5 Å². The van der Waals surface area contributed by atoms with Gasteiger partial charge in [0.25, 0.3) is 0 Å². The molecule has 0 atom stereocenters.